The normalized spacial score (nSPS) is 24.6. The van der Waals surface area contributed by atoms with E-state index in [-0.39, 0.29) is 0 Å². The molecule has 94 valence electrons. The number of nitrogen functional groups attached to an aromatic ring is 1. The zero-order valence-electron chi connectivity index (χ0n) is 10.4. The Morgan fingerprint density at radius 2 is 2.00 bits per heavy atom. The van der Waals surface area contributed by atoms with Crippen LogP contribution in [0.3, 0.4) is 0 Å². The number of nitrogens with two attached hydrogens (primary N) is 1. The van der Waals surface area contributed by atoms with Gasteiger partial charge < -0.3 is 11.1 Å². The van der Waals surface area contributed by atoms with Gasteiger partial charge in [-0.2, -0.15) is 0 Å². The molecule has 3 heteroatoms. The highest BCUT2D eigenvalue weighted by Gasteiger charge is 2.20. The van der Waals surface area contributed by atoms with Crippen molar-refractivity contribution in [3.05, 3.63) is 23.2 Å². The summed E-state index contributed by atoms with van der Waals surface area (Å²) in [6.07, 6.45) is 6.45. The molecule has 3 N–H and O–H groups in total. The molecule has 2 rings (SSSR count). The first-order valence-electron chi connectivity index (χ1n) is 6.50. The van der Waals surface area contributed by atoms with E-state index in [2.05, 4.69) is 12.2 Å². The van der Waals surface area contributed by atoms with Gasteiger partial charge in [-0.3, -0.25) is 0 Å². The number of benzene rings is 1. The van der Waals surface area contributed by atoms with Crippen molar-refractivity contribution in [3.8, 4) is 0 Å². The summed E-state index contributed by atoms with van der Waals surface area (Å²) < 4.78 is 0. The lowest BCUT2D eigenvalue weighted by Gasteiger charge is -2.29. The van der Waals surface area contributed by atoms with Crippen molar-refractivity contribution in [1.29, 1.82) is 0 Å². The predicted molar refractivity (Wildman–Crippen MR) is 75.5 cm³/mol. The first-order chi connectivity index (χ1) is 8.19. The van der Waals surface area contributed by atoms with Crippen molar-refractivity contribution in [2.75, 3.05) is 11.1 Å². The number of hydrogen-bond acceptors (Lipinski definition) is 2. The van der Waals surface area contributed by atoms with Crippen molar-refractivity contribution >= 4 is 23.0 Å². The van der Waals surface area contributed by atoms with E-state index in [0.29, 0.717) is 6.04 Å². The Kier molecular flexibility index (Phi) is 4.16. The molecule has 0 atom stereocenters. The lowest BCUT2D eigenvalue weighted by Crippen LogP contribution is -2.26. The average molecular weight is 253 g/mol. The Bertz CT molecular complexity index is 370. The van der Waals surface area contributed by atoms with E-state index in [9.17, 15) is 0 Å². The molecule has 0 saturated heterocycles. The summed E-state index contributed by atoms with van der Waals surface area (Å²) in [4.78, 5) is 0. The van der Waals surface area contributed by atoms with Crippen molar-refractivity contribution in [3.63, 3.8) is 0 Å². The monoisotopic (exact) mass is 252 g/mol. The molecular formula is C14H21ClN2. The molecule has 1 aromatic rings. The third-order valence-electron chi connectivity index (χ3n) is 3.80. The number of hydrogen-bond donors (Lipinski definition) is 2. The van der Waals surface area contributed by atoms with E-state index < -0.39 is 0 Å². The molecule has 1 aliphatic carbocycles. The Morgan fingerprint density at radius 3 is 2.65 bits per heavy atom. The van der Waals surface area contributed by atoms with Gasteiger partial charge in [-0.1, -0.05) is 24.9 Å². The maximum atomic E-state index is 5.98. The zero-order valence-corrected chi connectivity index (χ0v) is 11.1. The van der Waals surface area contributed by atoms with E-state index in [1.54, 1.807) is 0 Å². The topological polar surface area (TPSA) is 38.0 Å². The third kappa shape index (κ3) is 3.29. The molecule has 1 saturated carbocycles. The minimum atomic E-state index is 0.554. The van der Waals surface area contributed by atoms with Crippen molar-refractivity contribution in [2.45, 2.75) is 45.1 Å². The molecule has 0 spiro atoms. The SMILES string of the molecule is CCC1CCC(Nc2cc(Cl)ccc2N)CC1. The van der Waals surface area contributed by atoms with Crippen LogP contribution in [-0.4, -0.2) is 6.04 Å². The largest absolute Gasteiger partial charge is 0.397 e. The summed E-state index contributed by atoms with van der Waals surface area (Å²) in [6.45, 7) is 2.29. The average Bonchev–Trinajstić information content (AvgIpc) is 2.35. The zero-order chi connectivity index (χ0) is 12.3. The third-order valence-corrected chi connectivity index (χ3v) is 4.03. The van der Waals surface area contributed by atoms with Gasteiger partial charge in [0.25, 0.3) is 0 Å². The van der Waals surface area contributed by atoms with E-state index in [1.165, 1.54) is 32.1 Å². The Morgan fingerprint density at radius 1 is 1.29 bits per heavy atom. The van der Waals surface area contributed by atoms with Crippen LogP contribution < -0.4 is 11.1 Å². The standard InChI is InChI=1S/C14H21ClN2/c1-2-10-3-6-12(7-4-10)17-14-9-11(15)5-8-13(14)16/h5,8-10,12,17H,2-4,6-7,16H2,1H3. The van der Waals surface area contributed by atoms with Crippen LogP contribution in [0.5, 0.6) is 0 Å². The van der Waals surface area contributed by atoms with Gasteiger partial charge in [0.15, 0.2) is 0 Å². The van der Waals surface area contributed by atoms with Gasteiger partial charge in [-0.15, -0.1) is 0 Å². The lowest BCUT2D eigenvalue weighted by molar-refractivity contribution is 0.330. The number of rotatable bonds is 3. The molecule has 0 aromatic heterocycles. The second kappa shape index (κ2) is 5.63. The smallest absolute Gasteiger partial charge is 0.0590 e. The van der Waals surface area contributed by atoms with E-state index in [4.69, 9.17) is 17.3 Å². The number of anilines is 2. The van der Waals surface area contributed by atoms with Gasteiger partial charge in [0, 0.05) is 11.1 Å². The molecule has 0 unspecified atom stereocenters. The van der Waals surface area contributed by atoms with Gasteiger partial charge in [-0.25, -0.2) is 0 Å². The summed E-state index contributed by atoms with van der Waals surface area (Å²) in [6, 6.07) is 6.17. The van der Waals surface area contributed by atoms with Gasteiger partial charge in [0.2, 0.25) is 0 Å². The molecule has 0 radical (unpaired) electrons. The van der Waals surface area contributed by atoms with Crippen LogP contribution in [0.2, 0.25) is 5.02 Å². The quantitative estimate of drug-likeness (QED) is 0.787. The summed E-state index contributed by atoms with van der Waals surface area (Å²) in [5, 5.41) is 4.26. The number of halogens is 1. The van der Waals surface area contributed by atoms with E-state index in [0.717, 1.165) is 22.3 Å². The summed E-state index contributed by atoms with van der Waals surface area (Å²) in [5.74, 6) is 0.921. The van der Waals surface area contributed by atoms with Crippen molar-refractivity contribution in [2.24, 2.45) is 5.92 Å². The molecule has 0 aliphatic heterocycles. The molecule has 17 heavy (non-hydrogen) atoms. The second-order valence-corrected chi connectivity index (χ2v) is 5.44. The maximum Gasteiger partial charge on any atom is 0.0590 e. The van der Waals surface area contributed by atoms with Crippen LogP contribution in [0.15, 0.2) is 18.2 Å². The minimum Gasteiger partial charge on any atom is -0.397 e. The summed E-state index contributed by atoms with van der Waals surface area (Å²) in [5.41, 5.74) is 7.71. The Hall–Kier alpha value is -0.890. The second-order valence-electron chi connectivity index (χ2n) is 5.00. The van der Waals surface area contributed by atoms with E-state index in [1.807, 2.05) is 18.2 Å². The fourth-order valence-electron chi connectivity index (χ4n) is 2.59. The van der Waals surface area contributed by atoms with Crippen LogP contribution in [0.25, 0.3) is 0 Å². The molecule has 1 aromatic carbocycles. The highest BCUT2D eigenvalue weighted by Crippen LogP contribution is 2.30. The fraction of sp³-hybridized carbons (Fsp3) is 0.571. The molecule has 0 heterocycles. The Balaban J connectivity index is 1.95. The van der Waals surface area contributed by atoms with Crippen LogP contribution in [0, 0.1) is 5.92 Å². The minimum absolute atomic E-state index is 0.554. The van der Waals surface area contributed by atoms with Gasteiger partial charge >= 0.3 is 0 Å². The van der Waals surface area contributed by atoms with Crippen molar-refractivity contribution < 1.29 is 0 Å². The van der Waals surface area contributed by atoms with Gasteiger partial charge in [0.1, 0.15) is 0 Å². The first-order valence-corrected chi connectivity index (χ1v) is 6.88. The van der Waals surface area contributed by atoms with Gasteiger partial charge in [-0.05, 0) is 49.8 Å². The number of nitrogens with one attached hydrogen (secondary N) is 1. The van der Waals surface area contributed by atoms with Crippen LogP contribution in [0.1, 0.15) is 39.0 Å². The van der Waals surface area contributed by atoms with Crippen LogP contribution in [0.4, 0.5) is 11.4 Å². The summed E-state index contributed by atoms with van der Waals surface area (Å²) in [7, 11) is 0. The fourth-order valence-corrected chi connectivity index (χ4v) is 2.76. The molecule has 1 aliphatic rings. The highest BCUT2D eigenvalue weighted by atomic mass is 35.5. The Labute approximate surface area is 109 Å². The maximum absolute atomic E-state index is 5.98. The highest BCUT2D eigenvalue weighted by molar-refractivity contribution is 6.31. The predicted octanol–water partition coefficient (Wildman–Crippen LogP) is 4.30. The molecular weight excluding hydrogens is 232 g/mol. The summed E-state index contributed by atoms with van der Waals surface area (Å²) >= 11 is 5.98. The van der Waals surface area contributed by atoms with Crippen molar-refractivity contribution in [1.82, 2.24) is 0 Å². The van der Waals surface area contributed by atoms with Gasteiger partial charge in [0.05, 0.1) is 11.4 Å². The molecule has 1 fully saturated rings. The molecule has 2 nitrogen and oxygen atoms in total. The van der Waals surface area contributed by atoms with Crippen LogP contribution in [-0.2, 0) is 0 Å². The van der Waals surface area contributed by atoms with E-state index >= 15 is 0 Å². The first kappa shape index (κ1) is 12.6. The van der Waals surface area contributed by atoms with Crippen LogP contribution >= 0.6 is 11.6 Å². The molecule has 0 bridgehead atoms. The molecule has 0 amide bonds. The lowest BCUT2D eigenvalue weighted by atomic mass is 9.84.